The van der Waals surface area contributed by atoms with E-state index in [-0.39, 0.29) is 0 Å². The summed E-state index contributed by atoms with van der Waals surface area (Å²) in [5.74, 6) is -0.988. The molecule has 4 N–H and O–H groups in total. The summed E-state index contributed by atoms with van der Waals surface area (Å²) in [5, 5.41) is 2.42. The Hall–Kier alpha value is -1.40. The Morgan fingerprint density at radius 2 is 2.14 bits per heavy atom. The second-order valence-electron chi connectivity index (χ2n) is 2.60. The fourth-order valence-corrected chi connectivity index (χ4v) is 1.21. The molecule has 0 spiro atoms. The van der Waals surface area contributed by atoms with Crippen molar-refractivity contribution >= 4 is 28.4 Å². The second-order valence-corrected chi connectivity index (χ2v) is 3.53. The number of rotatable bonds is 3. The molecule has 1 rings (SSSR count). The molecule has 14 heavy (non-hydrogen) atoms. The minimum Gasteiger partial charge on any atom is -0.397 e. The van der Waals surface area contributed by atoms with E-state index in [1.54, 1.807) is 24.3 Å². The fraction of sp³-hybridized carbons (Fsp3) is 0.125. The summed E-state index contributed by atoms with van der Waals surface area (Å²) in [6.45, 7) is 0. The molecule has 0 saturated carbocycles. The van der Waals surface area contributed by atoms with Crippen molar-refractivity contribution in [2.75, 3.05) is 16.8 Å². The van der Waals surface area contributed by atoms with Crippen molar-refractivity contribution in [2.45, 2.75) is 0 Å². The van der Waals surface area contributed by atoms with Crippen LogP contribution in [0.4, 0.5) is 11.4 Å². The van der Waals surface area contributed by atoms with Gasteiger partial charge >= 0.3 is 0 Å². The Morgan fingerprint density at radius 3 is 2.71 bits per heavy atom. The smallest absolute Gasteiger partial charge is 0.239 e. The lowest BCUT2D eigenvalue weighted by Gasteiger charge is -2.05. The molecule has 1 aromatic rings. The molecule has 0 aliphatic heterocycles. The summed E-state index contributed by atoms with van der Waals surface area (Å²) in [4.78, 5) is 11.1. The second kappa shape index (κ2) is 4.73. The zero-order valence-electron chi connectivity index (χ0n) is 7.27. The van der Waals surface area contributed by atoms with Gasteiger partial charge in [0.1, 0.15) is 5.75 Å². The van der Waals surface area contributed by atoms with Crippen molar-refractivity contribution in [1.29, 1.82) is 0 Å². The largest absolute Gasteiger partial charge is 0.397 e. The molecule has 1 unspecified atom stereocenters. The molecule has 0 saturated heterocycles. The maximum atomic E-state index is 11.1. The first kappa shape index (κ1) is 10.7. The van der Waals surface area contributed by atoms with Gasteiger partial charge in [0, 0.05) is 0 Å². The molecule has 5 nitrogen and oxygen atoms in total. The molecule has 0 aliphatic rings. The SMILES string of the molecule is Nc1ccccc1NC(=O)CS(=O)O. The lowest BCUT2D eigenvalue weighted by molar-refractivity contribution is -0.113. The third-order valence-corrected chi connectivity index (χ3v) is 2.00. The van der Waals surface area contributed by atoms with Crippen LogP contribution in [0.15, 0.2) is 24.3 Å². The van der Waals surface area contributed by atoms with Crippen LogP contribution in [0.1, 0.15) is 0 Å². The van der Waals surface area contributed by atoms with Gasteiger partial charge < -0.3 is 15.6 Å². The van der Waals surface area contributed by atoms with E-state index in [1.165, 1.54) is 0 Å². The van der Waals surface area contributed by atoms with Crippen molar-refractivity contribution in [3.8, 4) is 0 Å². The third-order valence-electron chi connectivity index (χ3n) is 1.49. The van der Waals surface area contributed by atoms with Crippen LogP contribution in [0.5, 0.6) is 0 Å². The zero-order chi connectivity index (χ0) is 10.6. The van der Waals surface area contributed by atoms with Crippen LogP contribution in [0.25, 0.3) is 0 Å². The van der Waals surface area contributed by atoms with Crippen LogP contribution in [0.2, 0.25) is 0 Å². The number of hydrogen-bond acceptors (Lipinski definition) is 3. The Balaban J connectivity index is 2.65. The number of amides is 1. The Morgan fingerprint density at radius 1 is 1.50 bits per heavy atom. The summed E-state index contributed by atoms with van der Waals surface area (Å²) in [7, 11) is 0. The highest BCUT2D eigenvalue weighted by molar-refractivity contribution is 7.80. The Bertz CT molecular complexity index is 367. The van der Waals surface area contributed by atoms with Crippen LogP contribution in [0.3, 0.4) is 0 Å². The predicted molar refractivity (Wildman–Crippen MR) is 55.1 cm³/mol. The number of carbonyl (C=O) groups is 1. The molecule has 0 aliphatic carbocycles. The monoisotopic (exact) mass is 214 g/mol. The number of nitrogen functional groups attached to an aromatic ring is 1. The maximum absolute atomic E-state index is 11.1. The van der Waals surface area contributed by atoms with Crippen LogP contribution < -0.4 is 11.1 Å². The molecule has 0 fully saturated rings. The first-order valence-corrected chi connectivity index (χ1v) is 5.09. The molecule has 0 radical (unpaired) electrons. The van der Waals surface area contributed by atoms with Crippen molar-refractivity contribution in [3.63, 3.8) is 0 Å². The van der Waals surface area contributed by atoms with Gasteiger partial charge in [0.15, 0.2) is 11.1 Å². The van der Waals surface area contributed by atoms with Crippen LogP contribution in [-0.2, 0) is 15.9 Å². The lowest BCUT2D eigenvalue weighted by Crippen LogP contribution is -2.19. The quantitative estimate of drug-likeness (QED) is 0.502. The number of hydrogen-bond donors (Lipinski definition) is 3. The van der Waals surface area contributed by atoms with E-state index < -0.39 is 22.7 Å². The standard InChI is InChI=1S/C8H10N2O3S/c9-6-3-1-2-4-7(6)10-8(11)5-14(12)13/h1-4H,5,9H2,(H,10,11)(H,12,13). The first-order valence-electron chi connectivity index (χ1n) is 3.81. The van der Waals surface area contributed by atoms with Crippen molar-refractivity contribution in [2.24, 2.45) is 0 Å². The Labute approximate surface area is 83.6 Å². The van der Waals surface area contributed by atoms with E-state index in [0.717, 1.165) is 0 Å². The lowest BCUT2D eigenvalue weighted by atomic mass is 10.3. The number of para-hydroxylation sites is 2. The maximum Gasteiger partial charge on any atom is 0.239 e. The minimum atomic E-state index is -2.13. The average Bonchev–Trinajstić information content (AvgIpc) is 2.07. The van der Waals surface area contributed by atoms with E-state index >= 15 is 0 Å². The van der Waals surface area contributed by atoms with Gasteiger partial charge in [-0.25, -0.2) is 4.21 Å². The molecule has 0 bridgehead atoms. The summed E-state index contributed by atoms with van der Waals surface area (Å²) in [6.07, 6.45) is 0. The number of carbonyl (C=O) groups excluding carboxylic acids is 1. The molecule has 6 heteroatoms. The summed E-state index contributed by atoms with van der Waals surface area (Å²) >= 11 is -2.13. The summed E-state index contributed by atoms with van der Waals surface area (Å²) in [6, 6.07) is 6.69. The number of nitrogens with one attached hydrogen (secondary N) is 1. The number of anilines is 2. The topological polar surface area (TPSA) is 92.4 Å². The predicted octanol–water partition coefficient (Wildman–Crippen LogP) is 0.429. The molecule has 1 atom stereocenters. The summed E-state index contributed by atoms with van der Waals surface area (Å²) in [5.41, 5.74) is 6.41. The molecule has 0 heterocycles. The average molecular weight is 214 g/mol. The van der Waals surface area contributed by atoms with Crippen molar-refractivity contribution in [3.05, 3.63) is 24.3 Å². The molecular formula is C8H10N2O3S. The van der Waals surface area contributed by atoms with Gasteiger partial charge in [-0.1, -0.05) is 12.1 Å². The van der Waals surface area contributed by atoms with Gasteiger partial charge in [0.05, 0.1) is 11.4 Å². The van der Waals surface area contributed by atoms with Gasteiger partial charge in [0.2, 0.25) is 5.91 Å². The molecule has 76 valence electrons. The van der Waals surface area contributed by atoms with Gasteiger partial charge in [0.25, 0.3) is 0 Å². The van der Waals surface area contributed by atoms with Gasteiger partial charge in [-0.3, -0.25) is 4.79 Å². The highest BCUT2D eigenvalue weighted by atomic mass is 32.2. The highest BCUT2D eigenvalue weighted by Gasteiger charge is 2.07. The van der Waals surface area contributed by atoms with Crippen molar-refractivity contribution in [1.82, 2.24) is 0 Å². The fourth-order valence-electron chi connectivity index (χ4n) is 0.909. The van der Waals surface area contributed by atoms with E-state index in [9.17, 15) is 9.00 Å². The van der Waals surface area contributed by atoms with Crippen molar-refractivity contribution < 1.29 is 13.6 Å². The van der Waals surface area contributed by atoms with Crippen LogP contribution >= 0.6 is 0 Å². The summed E-state index contributed by atoms with van der Waals surface area (Å²) < 4.78 is 18.8. The van der Waals surface area contributed by atoms with Gasteiger partial charge in [-0.05, 0) is 12.1 Å². The van der Waals surface area contributed by atoms with Gasteiger partial charge in [-0.15, -0.1) is 0 Å². The van der Waals surface area contributed by atoms with E-state index in [4.69, 9.17) is 10.3 Å². The van der Waals surface area contributed by atoms with Crippen LogP contribution in [0, 0.1) is 0 Å². The van der Waals surface area contributed by atoms with E-state index in [1.807, 2.05) is 0 Å². The molecule has 0 aromatic heterocycles. The molecular weight excluding hydrogens is 204 g/mol. The first-order chi connectivity index (χ1) is 6.59. The molecule has 1 amide bonds. The molecule has 1 aromatic carbocycles. The van der Waals surface area contributed by atoms with E-state index in [0.29, 0.717) is 11.4 Å². The number of benzene rings is 1. The normalized spacial score (nSPS) is 12.1. The third kappa shape index (κ3) is 3.15. The highest BCUT2D eigenvalue weighted by Crippen LogP contribution is 2.16. The van der Waals surface area contributed by atoms with Crippen LogP contribution in [-0.4, -0.2) is 20.4 Å². The minimum absolute atomic E-state index is 0.421. The van der Waals surface area contributed by atoms with Gasteiger partial charge in [-0.2, -0.15) is 0 Å². The zero-order valence-corrected chi connectivity index (χ0v) is 8.08. The number of nitrogens with two attached hydrogens (primary N) is 1. The Kier molecular flexibility index (Phi) is 3.61. The van der Waals surface area contributed by atoms with E-state index in [2.05, 4.69) is 5.32 Å².